The second kappa shape index (κ2) is 11.5. The predicted molar refractivity (Wildman–Crippen MR) is 229 cm³/mol. The van der Waals surface area contributed by atoms with E-state index in [2.05, 4.69) is 189 Å². The van der Waals surface area contributed by atoms with Crippen LogP contribution in [0.2, 0.25) is 0 Å². The van der Waals surface area contributed by atoms with Gasteiger partial charge in [-0.25, -0.2) is 4.99 Å². The number of rotatable bonds is 4. The summed E-state index contributed by atoms with van der Waals surface area (Å²) in [6.07, 6.45) is 11.1. The molecular formula is C50H39N3S. The normalized spacial score (nSPS) is 21.6. The molecule has 0 spiro atoms. The van der Waals surface area contributed by atoms with E-state index in [9.17, 15) is 0 Å². The summed E-state index contributed by atoms with van der Waals surface area (Å²) in [5.74, 6) is 0.170. The van der Waals surface area contributed by atoms with Gasteiger partial charge in [-0.3, -0.25) is 0 Å². The highest BCUT2D eigenvalue weighted by Gasteiger charge is 2.50. The molecule has 0 radical (unpaired) electrons. The Morgan fingerprint density at radius 2 is 1.41 bits per heavy atom. The van der Waals surface area contributed by atoms with Crippen LogP contribution in [0.25, 0.3) is 53.7 Å². The molecule has 4 aliphatic rings. The second-order valence-corrected chi connectivity index (χ2v) is 16.8. The molecule has 54 heavy (non-hydrogen) atoms. The van der Waals surface area contributed by atoms with Crippen LogP contribution in [0.5, 0.6) is 0 Å². The van der Waals surface area contributed by atoms with Crippen molar-refractivity contribution in [1.29, 1.82) is 0 Å². The largest absolute Gasteiger partial charge is 0.346 e. The molecule has 260 valence electrons. The zero-order valence-electron chi connectivity index (χ0n) is 30.5. The third kappa shape index (κ3) is 4.50. The van der Waals surface area contributed by atoms with E-state index in [4.69, 9.17) is 4.99 Å². The fourth-order valence-corrected chi connectivity index (χ4v) is 10.9. The molecule has 1 aromatic heterocycles. The van der Waals surface area contributed by atoms with Crippen molar-refractivity contribution in [2.24, 2.45) is 4.99 Å². The van der Waals surface area contributed by atoms with Gasteiger partial charge in [0.2, 0.25) is 0 Å². The van der Waals surface area contributed by atoms with Crippen LogP contribution < -0.4 is 10.2 Å². The van der Waals surface area contributed by atoms with Gasteiger partial charge < -0.3 is 10.2 Å². The third-order valence-corrected chi connectivity index (χ3v) is 13.6. The quantitative estimate of drug-likeness (QED) is 0.197. The fraction of sp³-hybridized carbons (Fsp3) is 0.140. The van der Waals surface area contributed by atoms with E-state index in [1.165, 1.54) is 75.9 Å². The molecule has 1 N–H and O–H groups in total. The monoisotopic (exact) mass is 713 g/mol. The Morgan fingerprint density at radius 3 is 2.35 bits per heavy atom. The number of allylic oxidation sites excluding steroid dienone is 3. The van der Waals surface area contributed by atoms with Crippen LogP contribution in [-0.4, -0.2) is 18.0 Å². The maximum Gasteiger partial charge on any atom is 0.197 e. The van der Waals surface area contributed by atoms with Crippen molar-refractivity contribution in [3.63, 3.8) is 0 Å². The molecule has 2 aliphatic heterocycles. The molecule has 0 saturated carbocycles. The molecule has 0 saturated heterocycles. The van der Waals surface area contributed by atoms with Gasteiger partial charge in [0.05, 0.1) is 5.54 Å². The Labute approximate surface area is 320 Å². The van der Waals surface area contributed by atoms with Gasteiger partial charge in [0.15, 0.2) is 6.29 Å². The van der Waals surface area contributed by atoms with Gasteiger partial charge in [0, 0.05) is 49.1 Å². The highest BCUT2D eigenvalue weighted by atomic mass is 32.1. The number of fused-ring (bicyclic) bond motifs is 9. The average Bonchev–Trinajstić information content (AvgIpc) is 3.80. The van der Waals surface area contributed by atoms with Crippen molar-refractivity contribution >= 4 is 54.7 Å². The maximum absolute atomic E-state index is 5.08. The van der Waals surface area contributed by atoms with Crippen LogP contribution >= 0.6 is 11.3 Å². The van der Waals surface area contributed by atoms with E-state index in [0.717, 1.165) is 11.3 Å². The number of hydrogen-bond donors (Lipinski definition) is 1. The summed E-state index contributed by atoms with van der Waals surface area (Å²) in [6.45, 7) is 7.06. The van der Waals surface area contributed by atoms with Crippen molar-refractivity contribution in [1.82, 2.24) is 5.32 Å². The van der Waals surface area contributed by atoms with E-state index in [1.807, 2.05) is 17.6 Å². The number of para-hydroxylation sites is 1. The molecular weight excluding hydrogens is 675 g/mol. The highest BCUT2D eigenvalue weighted by molar-refractivity contribution is 7.26. The Morgan fingerprint density at radius 1 is 0.667 bits per heavy atom. The number of aliphatic imine (C=N–C) groups is 1. The van der Waals surface area contributed by atoms with Crippen LogP contribution in [0, 0.1) is 0 Å². The van der Waals surface area contributed by atoms with Crippen molar-refractivity contribution in [2.45, 2.75) is 43.9 Å². The van der Waals surface area contributed by atoms with Crippen molar-refractivity contribution in [3.8, 4) is 22.3 Å². The zero-order chi connectivity index (χ0) is 36.2. The lowest BCUT2D eigenvalue weighted by Gasteiger charge is -2.44. The Hall–Kier alpha value is -5.97. The molecule has 0 bridgehead atoms. The predicted octanol–water partition coefficient (Wildman–Crippen LogP) is 12.3. The summed E-state index contributed by atoms with van der Waals surface area (Å²) in [7, 11) is 0. The van der Waals surface area contributed by atoms with E-state index in [-0.39, 0.29) is 23.2 Å². The standard InChI is InChI=1S/C50H39N3S/c1-49(2)41-19-7-4-14-36(41)37-23-22-32(29-42(37)49)31-12-10-13-34(28-31)44-25-27-51-48(52-44)53-45-20-8-5-16-40(45)43-30-33(24-26-50(43,53)3)35-17-11-18-39-38-15-6-9-21-46(38)54-47(35)39/h4-30,43,48,52H,1-3H3. The van der Waals surface area contributed by atoms with Crippen molar-refractivity contribution in [2.75, 3.05) is 4.90 Å². The first kappa shape index (κ1) is 31.5. The van der Waals surface area contributed by atoms with Gasteiger partial charge in [0.1, 0.15) is 0 Å². The molecule has 2 aliphatic carbocycles. The van der Waals surface area contributed by atoms with Crippen molar-refractivity contribution < 1.29 is 0 Å². The minimum Gasteiger partial charge on any atom is -0.346 e. The van der Waals surface area contributed by atoms with Gasteiger partial charge in [-0.05, 0) is 92.9 Å². The molecule has 3 unspecified atom stereocenters. The summed E-state index contributed by atoms with van der Waals surface area (Å²) in [5, 5.41) is 6.54. The van der Waals surface area contributed by atoms with E-state index >= 15 is 0 Å². The van der Waals surface area contributed by atoms with Gasteiger partial charge in [-0.15, -0.1) is 11.3 Å². The van der Waals surface area contributed by atoms with E-state index < -0.39 is 0 Å². The first-order valence-electron chi connectivity index (χ1n) is 18.9. The highest BCUT2D eigenvalue weighted by Crippen LogP contribution is 2.54. The number of hydrogen-bond acceptors (Lipinski definition) is 4. The third-order valence-electron chi connectivity index (χ3n) is 12.4. The second-order valence-electron chi connectivity index (χ2n) is 15.8. The van der Waals surface area contributed by atoms with Crippen LogP contribution in [0.3, 0.4) is 0 Å². The molecule has 11 rings (SSSR count). The van der Waals surface area contributed by atoms with Crippen LogP contribution in [0.4, 0.5) is 5.69 Å². The first-order chi connectivity index (χ1) is 26.4. The zero-order valence-corrected chi connectivity index (χ0v) is 31.4. The minimum atomic E-state index is -0.310. The van der Waals surface area contributed by atoms with Gasteiger partial charge >= 0.3 is 0 Å². The molecule has 7 aromatic rings. The molecule has 0 amide bonds. The lowest BCUT2D eigenvalue weighted by atomic mass is 9.77. The SMILES string of the molecule is CC1(C)c2ccccc2-c2ccc(-c3cccc(C4=CC=NC(N5c6ccccc6C6C=C(c7cccc8c7sc7ccccc78)C=CC65C)N4)c3)cc21. The molecule has 0 fully saturated rings. The molecule has 3 atom stereocenters. The molecule has 6 aromatic carbocycles. The topological polar surface area (TPSA) is 27.6 Å². The number of nitrogens with one attached hydrogen (secondary N) is 1. The van der Waals surface area contributed by atoms with Gasteiger partial charge in [0.25, 0.3) is 0 Å². The maximum atomic E-state index is 5.08. The molecule has 4 heteroatoms. The van der Waals surface area contributed by atoms with Gasteiger partial charge in [-0.1, -0.05) is 141 Å². The van der Waals surface area contributed by atoms with Gasteiger partial charge in [-0.2, -0.15) is 0 Å². The minimum absolute atomic E-state index is 0.0356. The van der Waals surface area contributed by atoms with Crippen LogP contribution in [-0.2, 0) is 5.41 Å². The number of benzene rings is 6. The lowest BCUT2D eigenvalue weighted by Crippen LogP contribution is -2.55. The smallest absolute Gasteiger partial charge is 0.197 e. The van der Waals surface area contributed by atoms with E-state index in [0.29, 0.717) is 0 Å². The fourth-order valence-electron chi connectivity index (χ4n) is 9.66. The Kier molecular flexibility index (Phi) is 6.73. The lowest BCUT2D eigenvalue weighted by molar-refractivity contribution is 0.429. The Bertz CT molecular complexity index is 2830. The summed E-state index contributed by atoms with van der Waals surface area (Å²) >= 11 is 1.89. The molecule has 3 heterocycles. The number of nitrogens with zero attached hydrogens (tertiary/aromatic N) is 2. The van der Waals surface area contributed by atoms with Crippen molar-refractivity contribution in [3.05, 3.63) is 186 Å². The van der Waals surface area contributed by atoms with Crippen LogP contribution in [0.1, 0.15) is 54.5 Å². The average molecular weight is 714 g/mol. The van der Waals surface area contributed by atoms with Crippen LogP contribution in [0.15, 0.2) is 163 Å². The summed E-state index contributed by atoms with van der Waals surface area (Å²) < 4.78 is 2.69. The number of anilines is 1. The first-order valence-corrected chi connectivity index (χ1v) is 19.8. The molecule has 3 nitrogen and oxygen atoms in total. The summed E-state index contributed by atoms with van der Waals surface area (Å²) in [6, 6.07) is 49.2. The Balaban J connectivity index is 0.918. The number of thiophene rings is 1. The summed E-state index contributed by atoms with van der Waals surface area (Å²) in [5.41, 5.74) is 15.0. The van der Waals surface area contributed by atoms with E-state index in [1.54, 1.807) is 0 Å². The summed E-state index contributed by atoms with van der Waals surface area (Å²) in [4.78, 5) is 7.57.